The summed E-state index contributed by atoms with van der Waals surface area (Å²) in [6, 6.07) is 9.80. The molecular formula is C13H17NO3. The summed E-state index contributed by atoms with van der Waals surface area (Å²) >= 11 is 0. The maximum absolute atomic E-state index is 5.58. The summed E-state index contributed by atoms with van der Waals surface area (Å²) in [5.74, 6) is -0.503. The molecule has 1 aliphatic heterocycles. The minimum atomic E-state index is -0.503. The van der Waals surface area contributed by atoms with Crippen LogP contribution in [-0.4, -0.2) is 31.3 Å². The van der Waals surface area contributed by atoms with Crippen molar-refractivity contribution in [2.75, 3.05) is 13.2 Å². The third kappa shape index (κ3) is 3.84. The quantitative estimate of drug-likeness (QED) is 0.593. The second kappa shape index (κ2) is 5.29. The van der Waals surface area contributed by atoms with E-state index < -0.39 is 5.79 Å². The molecule has 1 aliphatic rings. The van der Waals surface area contributed by atoms with Crippen molar-refractivity contribution in [3.8, 4) is 0 Å². The Balaban J connectivity index is 1.72. The van der Waals surface area contributed by atoms with Gasteiger partial charge in [0.15, 0.2) is 5.79 Å². The molecule has 0 bridgehead atoms. The number of rotatable bonds is 4. The third-order valence-corrected chi connectivity index (χ3v) is 2.40. The van der Waals surface area contributed by atoms with Gasteiger partial charge in [0.2, 0.25) is 0 Å². The van der Waals surface area contributed by atoms with E-state index in [1.165, 1.54) is 0 Å². The van der Waals surface area contributed by atoms with Gasteiger partial charge in [-0.25, -0.2) is 0 Å². The smallest absolute Gasteiger partial charge is 0.163 e. The highest BCUT2D eigenvalue weighted by Gasteiger charge is 2.32. The first-order valence-electron chi connectivity index (χ1n) is 5.68. The van der Waals surface area contributed by atoms with Crippen LogP contribution in [0.1, 0.15) is 19.4 Å². The summed E-state index contributed by atoms with van der Waals surface area (Å²) < 4.78 is 11.0. The van der Waals surface area contributed by atoms with E-state index in [0.717, 1.165) is 5.56 Å². The Morgan fingerprint density at radius 1 is 1.41 bits per heavy atom. The Bertz CT molecular complexity index is 376. The fraction of sp³-hybridized carbons (Fsp3) is 0.462. The average molecular weight is 235 g/mol. The second-order valence-electron chi connectivity index (χ2n) is 4.39. The van der Waals surface area contributed by atoms with E-state index >= 15 is 0 Å². The van der Waals surface area contributed by atoms with Crippen LogP contribution >= 0.6 is 0 Å². The van der Waals surface area contributed by atoms with Gasteiger partial charge in [0.1, 0.15) is 12.7 Å². The summed E-state index contributed by atoms with van der Waals surface area (Å²) in [6.07, 6.45) is 1.64. The summed E-state index contributed by atoms with van der Waals surface area (Å²) in [5, 5.41) is 3.89. The van der Waals surface area contributed by atoms with Crippen molar-refractivity contribution in [1.82, 2.24) is 0 Å². The van der Waals surface area contributed by atoms with E-state index in [1.807, 2.05) is 44.2 Å². The molecule has 1 aromatic rings. The van der Waals surface area contributed by atoms with Crippen LogP contribution in [0.2, 0.25) is 0 Å². The van der Waals surface area contributed by atoms with Crippen LogP contribution in [0.25, 0.3) is 0 Å². The maximum Gasteiger partial charge on any atom is 0.163 e. The van der Waals surface area contributed by atoms with Gasteiger partial charge >= 0.3 is 0 Å². The van der Waals surface area contributed by atoms with E-state index in [1.54, 1.807) is 6.21 Å². The first-order valence-corrected chi connectivity index (χ1v) is 5.68. The Kier molecular flexibility index (Phi) is 3.76. The average Bonchev–Trinajstić information content (AvgIpc) is 2.66. The molecule has 0 amide bonds. The van der Waals surface area contributed by atoms with E-state index in [-0.39, 0.29) is 6.10 Å². The Morgan fingerprint density at radius 2 is 2.18 bits per heavy atom. The monoisotopic (exact) mass is 235 g/mol. The SMILES string of the molecule is CC1(C)OCC(CON=Cc2ccccc2)O1. The van der Waals surface area contributed by atoms with Crippen LogP contribution < -0.4 is 0 Å². The number of hydrogen-bond acceptors (Lipinski definition) is 4. The molecule has 1 aromatic carbocycles. The molecule has 1 fully saturated rings. The summed E-state index contributed by atoms with van der Waals surface area (Å²) in [6.45, 7) is 4.74. The molecule has 0 radical (unpaired) electrons. The molecule has 0 N–H and O–H groups in total. The molecule has 0 spiro atoms. The molecule has 4 nitrogen and oxygen atoms in total. The molecule has 1 saturated heterocycles. The number of benzene rings is 1. The van der Waals surface area contributed by atoms with Gasteiger partial charge < -0.3 is 14.3 Å². The Hall–Kier alpha value is -1.39. The lowest BCUT2D eigenvalue weighted by Gasteiger charge is -2.16. The van der Waals surface area contributed by atoms with Crippen LogP contribution in [0, 0.1) is 0 Å². The molecule has 92 valence electrons. The van der Waals surface area contributed by atoms with E-state index in [0.29, 0.717) is 13.2 Å². The molecule has 0 aromatic heterocycles. The van der Waals surface area contributed by atoms with Gasteiger partial charge in [-0.2, -0.15) is 0 Å². The lowest BCUT2D eigenvalue weighted by molar-refractivity contribution is -0.144. The zero-order valence-corrected chi connectivity index (χ0v) is 10.1. The largest absolute Gasteiger partial charge is 0.393 e. The van der Waals surface area contributed by atoms with E-state index in [9.17, 15) is 0 Å². The third-order valence-electron chi connectivity index (χ3n) is 2.40. The molecule has 4 heteroatoms. The fourth-order valence-corrected chi connectivity index (χ4v) is 1.61. The highest BCUT2D eigenvalue weighted by Crippen LogP contribution is 2.22. The van der Waals surface area contributed by atoms with Gasteiger partial charge in [-0.1, -0.05) is 35.5 Å². The Labute approximate surface area is 101 Å². The van der Waals surface area contributed by atoms with Crippen LogP contribution in [0.3, 0.4) is 0 Å². The standard InChI is InChI=1S/C13H17NO3/c1-13(2)15-9-12(17-13)10-16-14-8-11-6-4-3-5-7-11/h3-8,12H,9-10H2,1-2H3. The van der Waals surface area contributed by atoms with E-state index in [2.05, 4.69) is 5.16 Å². The highest BCUT2D eigenvalue weighted by molar-refractivity contribution is 5.78. The number of hydrogen-bond donors (Lipinski definition) is 0. The highest BCUT2D eigenvalue weighted by atomic mass is 16.8. The number of nitrogens with zero attached hydrogens (tertiary/aromatic N) is 1. The lowest BCUT2D eigenvalue weighted by Crippen LogP contribution is -2.23. The van der Waals surface area contributed by atoms with Crippen LogP contribution in [0.5, 0.6) is 0 Å². The molecule has 0 aliphatic carbocycles. The van der Waals surface area contributed by atoms with Gasteiger partial charge in [0, 0.05) is 0 Å². The van der Waals surface area contributed by atoms with Gasteiger partial charge in [0.25, 0.3) is 0 Å². The summed E-state index contributed by atoms with van der Waals surface area (Å²) in [5.41, 5.74) is 1.01. The van der Waals surface area contributed by atoms with Gasteiger partial charge in [0.05, 0.1) is 12.8 Å². The van der Waals surface area contributed by atoms with Crippen molar-refractivity contribution >= 4 is 6.21 Å². The van der Waals surface area contributed by atoms with Crippen molar-refractivity contribution in [3.05, 3.63) is 35.9 Å². The van der Waals surface area contributed by atoms with Crippen molar-refractivity contribution in [2.24, 2.45) is 5.16 Å². The summed E-state index contributed by atoms with van der Waals surface area (Å²) in [7, 11) is 0. The predicted molar refractivity (Wildman–Crippen MR) is 64.9 cm³/mol. The molecule has 17 heavy (non-hydrogen) atoms. The maximum atomic E-state index is 5.58. The predicted octanol–water partition coefficient (Wildman–Crippen LogP) is 2.19. The molecule has 1 unspecified atom stereocenters. The number of oxime groups is 1. The van der Waals surface area contributed by atoms with E-state index in [4.69, 9.17) is 14.3 Å². The Morgan fingerprint density at radius 3 is 2.82 bits per heavy atom. The topological polar surface area (TPSA) is 40.0 Å². The second-order valence-corrected chi connectivity index (χ2v) is 4.39. The van der Waals surface area contributed by atoms with Gasteiger partial charge in [-0.15, -0.1) is 0 Å². The molecule has 0 saturated carbocycles. The lowest BCUT2D eigenvalue weighted by atomic mass is 10.2. The minimum Gasteiger partial charge on any atom is -0.393 e. The van der Waals surface area contributed by atoms with Crippen LogP contribution in [0.4, 0.5) is 0 Å². The first-order chi connectivity index (χ1) is 8.16. The van der Waals surface area contributed by atoms with Crippen molar-refractivity contribution in [2.45, 2.75) is 25.7 Å². The zero-order chi connectivity index (χ0) is 12.1. The van der Waals surface area contributed by atoms with Crippen LogP contribution in [-0.2, 0) is 14.3 Å². The zero-order valence-electron chi connectivity index (χ0n) is 10.1. The van der Waals surface area contributed by atoms with Gasteiger partial charge in [-0.05, 0) is 19.4 Å². The number of ether oxygens (including phenoxy) is 2. The molecular weight excluding hydrogens is 218 g/mol. The van der Waals surface area contributed by atoms with Crippen molar-refractivity contribution in [1.29, 1.82) is 0 Å². The fourth-order valence-electron chi connectivity index (χ4n) is 1.61. The van der Waals surface area contributed by atoms with Crippen LogP contribution in [0.15, 0.2) is 35.5 Å². The minimum absolute atomic E-state index is 0.0436. The molecule has 1 atom stereocenters. The van der Waals surface area contributed by atoms with Crippen molar-refractivity contribution in [3.63, 3.8) is 0 Å². The normalized spacial score (nSPS) is 23.1. The molecule has 2 rings (SSSR count). The molecule has 1 heterocycles. The first kappa shape index (κ1) is 12.1. The summed E-state index contributed by atoms with van der Waals surface area (Å²) in [4.78, 5) is 5.18. The van der Waals surface area contributed by atoms with Crippen molar-refractivity contribution < 1.29 is 14.3 Å². The van der Waals surface area contributed by atoms with Gasteiger partial charge in [-0.3, -0.25) is 0 Å².